The van der Waals surface area contributed by atoms with Gasteiger partial charge in [0.25, 0.3) is 0 Å². The Morgan fingerprint density at radius 2 is 2.20 bits per heavy atom. The molecule has 0 atom stereocenters. The van der Waals surface area contributed by atoms with Crippen molar-refractivity contribution in [2.75, 3.05) is 0 Å². The van der Waals surface area contributed by atoms with E-state index >= 15 is 0 Å². The molecule has 0 aromatic heterocycles. The molecule has 0 aliphatic heterocycles. The Labute approximate surface area is 53.8 Å². The number of unbranched alkanes of at least 4 members (excludes halogenated alkanes) is 1. The second-order valence-corrected chi connectivity index (χ2v) is 2.56. The van der Waals surface area contributed by atoms with Gasteiger partial charge in [-0.25, -0.2) is 0 Å². The molecule has 0 aromatic carbocycles. The van der Waals surface area contributed by atoms with Crippen LogP contribution in [0, 0.1) is 0 Å². The molecule has 0 saturated carbocycles. The molecule has 0 rings (SSSR count). The van der Waals surface area contributed by atoms with Gasteiger partial charge in [-0.15, -0.1) is 0 Å². The topological polar surface area (TPSA) is 0 Å². The molecule has 0 aliphatic carbocycles. The van der Waals surface area contributed by atoms with Crippen LogP contribution in [0.15, 0.2) is 0 Å². The van der Waals surface area contributed by atoms with E-state index in [0.29, 0.717) is 0 Å². The van der Waals surface area contributed by atoms with E-state index in [1.54, 1.807) is 0 Å². The third-order valence-electron chi connectivity index (χ3n) is 0.558. The SMILES string of the molecule is CCC[CH2][Y]. The quantitative estimate of drug-likeness (QED) is 0.556. The van der Waals surface area contributed by atoms with Crippen LogP contribution in [0.5, 0.6) is 0 Å². The van der Waals surface area contributed by atoms with Gasteiger partial charge in [0.2, 0.25) is 0 Å². The zero-order valence-corrected chi connectivity index (χ0v) is 6.54. The first-order valence-electron chi connectivity index (χ1n) is 2.12. The van der Waals surface area contributed by atoms with Crippen molar-refractivity contribution in [2.45, 2.75) is 23.0 Å². The molecule has 0 radical (unpaired) electrons. The molecule has 0 fully saturated rings. The zero-order valence-electron chi connectivity index (χ0n) is 3.70. The molecular weight excluding hydrogens is 137 g/mol. The fourth-order valence-electron chi connectivity index (χ4n) is 0.204. The van der Waals surface area contributed by atoms with Crippen molar-refractivity contribution >= 4 is 0 Å². The molecule has 0 nitrogen and oxygen atoms in total. The fraction of sp³-hybridized carbons (Fsp3) is 1.00. The molecule has 1 heteroatoms. The maximum absolute atomic E-state index is 2.23. The fourth-order valence-corrected chi connectivity index (χ4v) is 1.21. The van der Waals surface area contributed by atoms with E-state index in [4.69, 9.17) is 0 Å². The summed E-state index contributed by atoms with van der Waals surface area (Å²) in [6.07, 6.45) is 2.82. The van der Waals surface area contributed by atoms with Gasteiger partial charge in [0.1, 0.15) is 0 Å². The second kappa shape index (κ2) is 5.10. The van der Waals surface area contributed by atoms with Gasteiger partial charge in [-0.3, -0.25) is 0 Å². The van der Waals surface area contributed by atoms with Crippen molar-refractivity contribution in [3.05, 3.63) is 0 Å². The molecule has 0 N–H and O–H groups in total. The summed E-state index contributed by atoms with van der Waals surface area (Å²) < 4.78 is 1.47. The van der Waals surface area contributed by atoms with Crippen LogP contribution >= 0.6 is 0 Å². The maximum atomic E-state index is 2.23. The Balaban J connectivity index is 2.19. The van der Waals surface area contributed by atoms with Crippen molar-refractivity contribution in [1.29, 1.82) is 0 Å². The van der Waals surface area contributed by atoms with E-state index in [1.807, 2.05) is 0 Å². The molecular formula is C4H9Y. The van der Waals surface area contributed by atoms with Gasteiger partial charge in [0.15, 0.2) is 0 Å². The van der Waals surface area contributed by atoms with Crippen LogP contribution in [0.4, 0.5) is 0 Å². The van der Waals surface area contributed by atoms with Gasteiger partial charge in [-0.2, -0.15) is 0 Å². The summed E-state index contributed by atoms with van der Waals surface area (Å²) >= 11 is 1.45. The van der Waals surface area contributed by atoms with Gasteiger partial charge < -0.3 is 0 Å². The van der Waals surface area contributed by atoms with Crippen molar-refractivity contribution in [2.24, 2.45) is 0 Å². The molecule has 0 spiro atoms. The Bertz CT molecular complexity index is 11.1. The minimum atomic E-state index is 1.38. The van der Waals surface area contributed by atoms with Crippen LogP contribution in [0.1, 0.15) is 19.8 Å². The molecule has 0 saturated heterocycles. The van der Waals surface area contributed by atoms with E-state index in [2.05, 4.69) is 6.92 Å². The van der Waals surface area contributed by atoms with Crippen LogP contribution in [0.3, 0.4) is 0 Å². The molecule has 0 aliphatic rings. The van der Waals surface area contributed by atoms with Crippen molar-refractivity contribution in [1.82, 2.24) is 0 Å². The molecule has 5 heavy (non-hydrogen) atoms. The van der Waals surface area contributed by atoms with E-state index in [0.717, 1.165) is 0 Å². The Morgan fingerprint density at radius 3 is 2.20 bits per heavy atom. The Morgan fingerprint density at radius 1 is 1.60 bits per heavy atom. The summed E-state index contributed by atoms with van der Waals surface area (Å²) in [4.78, 5) is 0. The van der Waals surface area contributed by atoms with E-state index < -0.39 is 0 Å². The summed E-state index contributed by atoms with van der Waals surface area (Å²) in [7, 11) is 0. The predicted octanol–water partition coefficient (Wildman–Crippen LogP) is 1.75. The zero-order chi connectivity index (χ0) is 4.12. The first-order chi connectivity index (χ1) is 2.41. The number of hydrogen-bond donors (Lipinski definition) is 0. The predicted molar refractivity (Wildman–Crippen MR) is 19.7 cm³/mol. The summed E-state index contributed by atoms with van der Waals surface area (Å²) in [6.45, 7) is 2.23. The summed E-state index contributed by atoms with van der Waals surface area (Å²) in [5, 5.41) is 0. The van der Waals surface area contributed by atoms with Crippen molar-refractivity contribution in [3.63, 3.8) is 0 Å². The molecule has 0 aromatic rings. The third-order valence-corrected chi connectivity index (χ3v) is 1.56. The van der Waals surface area contributed by atoms with Gasteiger partial charge in [-0.05, 0) is 0 Å². The number of rotatable bonds is 2. The minimum absolute atomic E-state index is 1.38. The van der Waals surface area contributed by atoms with E-state index in [-0.39, 0.29) is 0 Å². The van der Waals surface area contributed by atoms with E-state index in [1.165, 1.54) is 47.0 Å². The third kappa shape index (κ3) is 5.10. The standard InChI is InChI=1S/C4H9.Y/c1-3-4-2;/h1,3-4H2,2H3;. The molecule has 0 heterocycles. The van der Waals surface area contributed by atoms with Crippen LogP contribution in [0.2, 0.25) is 3.23 Å². The summed E-state index contributed by atoms with van der Waals surface area (Å²) in [5.74, 6) is 0. The first-order valence-corrected chi connectivity index (χ1v) is 4.12. The average Bonchev–Trinajstić information content (AvgIpc) is 1.41. The van der Waals surface area contributed by atoms with Gasteiger partial charge in [0.05, 0.1) is 0 Å². The summed E-state index contributed by atoms with van der Waals surface area (Å²) in [6, 6.07) is 0. The van der Waals surface area contributed by atoms with Gasteiger partial charge in [-0.1, -0.05) is 0 Å². The van der Waals surface area contributed by atoms with Crippen LogP contribution in [0.25, 0.3) is 0 Å². The monoisotopic (exact) mass is 146 g/mol. The van der Waals surface area contributed by atoms with Gasteiger partial charge >= 0.3 is 54.0 Å². The Kier molecular flexibility index (Phi) is 6.23. The normalized spacial score (nSPS) is 8.00. The summed E-state index contributed by atoms with van der Waals surface area (Å²) in [5.41, 5.74) is 0. The van der Waals surface area contributed by atoms with Crippen LogP contribution in [-0.2, 0) is 31.0 Å². The van der Waals surface area contributed by atoms with Gasteiger partial charge in [0, 0.05) is 0 Å². The molecule has 0 amide bonds. The average molecular weight is 146 g/mol. The van der Waals surface area contributed by atoms with Crippen LogP contribution < -0.4 is 0 Å². The Hall–Kier alpha value is 1.10. The van der Waals surface area contributed by atoms with Crippen molar-refractivity contribution < 1.29 is 31.0 Å². The second-order valence-electron chi connectivity index (χ2n) is 1.14. The molecule has 28 valence electrons. The molecule has 0 unspecified atom stereocenters. The number of hydrogen-bond acceptors (Lipinski definition) is 0. The van der Waals surface area contributed by atoms with Crippen LogP contribution in [-0.4, -0.2) is 0 Å². The van der Waals surface area contributed by atoms with E-state index in [9.17, 15) is 0 Å². The van der Waals surface area contributed by atoms with Crippen molar-refractivity contribution in [3.8, 4) is 0 Å². The molecule has 0 bridgehead atoms. The first kappa shape index (κ1) is 6.10.